The van der Waals surface area contributed by atoms with Crippen LogP contribution in [0.25, 0.3) is 0 Å². The first-order valence-corrected chi connectivity index (χ1v) is 5.93. The highest BCUT2D eigenvalue weighted by Crippen LogP contribution is 2.51. The molecule has 2 rings (SSSR count). The molecular formula is C12H16BrN. The zero-order valence-corrected chi connectivity index (χ0v) is 10.1. The van der Waals surface area contributed by atoms with E-state index in [1.807, 2.05) is 0 Å². The summed E-state index contributed by atoms with van der Waals surface area (Å²) < 4.78 is 1.19. The zero-order chi connectivity index (χ0) is 10.2. The molecule has 0 amide bonds. The van der Waals surface area contributed by atoms with Crippen LogP contribution in [-0.2, 0) is 5.41 Å². The van der Waals surface area contributed by atoms with Crippen LogP contribution in [0.1, 0.15) is 30.4 Å². The van der Waals surface area contributed by atoms with E-state index in [1.54, 1.807) is 0 Å². The fourth-order valence-corrected chi connectivity index (χ4v) is 2.76. The summed E-state index contributed by atoms with van der Waals surface area (Å²) in [7, 11) is 0. The Hall–Kier alpha value is -0.340. The van der Waals surface area contributed by atoms with E-state index in [4.69, 9.17) is 5.73 Å². The molecule has 0 saturated heterocycles. The molecule has 0 spiro atoms. The topological polar surface area (TPSA) is 26.0 Å². The first-order chi connectivity index (χ1) is 6.66. The first kappa shape index (κ1) is 10.2. The normalized spacial score (nSPS) is 18.2. The second kappa shape index (κ2) is 3.67. The van der Waals surface area contributed by atoms with Crippen molar-refractivity contribution in [1.82, 2.24) is 0 Å². The minimum absolute atomic E-state index is 0.420. The summed E-state index contributed by atoms with van der Waals surface area (Å²) in [6.45, 7) is 2.94. The molecule has 76 valence electrons. The Morgan fingerprint density at radius 1 is 1.36 bits per heavy atom. The molecule has 1 aromatic carbocycles. The lowest BCUT2D eigenvalue weighted by Crippen LogP contribution is -2.13. The third-order valence-corrected chi connectivity index (χ3v) is 3.59. The van der Waals surface area contributed by atoms with E-state index in [0.29, 0.717) is 5.41 Å². The van der Waals surface area contributed by atoms with Gasteiger partial charge in [0, 0.05) is 4.47 Å². The lowest BCUT2D eigenvalue weighted by Gasteiger charge is -2.15. The highest BCUT2D eigenvalue weighted by molar-refractivity contribution is 9.10. The summed E-state index contributed by atoms with van der Waals surface area (Å²) in [5, 5.41) is 0. The number of benzene rings is 1. The lowest BCUT2D eigenvalue weighted by molar-refractivity contribution is 0.628. The molecule has 2 N–H and O–H groups in total. The van der Waals surface area contributed by atoms with Crippen LogP contribution in [0.15, 0.2) is 22.7 Å². The molecule has 0 aliphatic heterocycles. The molecule has 0 aromatic heterocycles. The number of hydrogen-bond acceptors (Lipinski definition) is 1. The predicted octanol–water partition coefficient (Wildman–Crippen LogP) is 3.14. The maximum absolute atomic E-state index is 5.66. The SMILES string of the molecule is Cc1cc(Br)cc(C2(CCN)CC2)c1. The van der Waals surface area contributed by atoms with Crippen LogP contribution in [-0.4, -0.2) is 6.54 Å². The highest BCUT2D eigenvalue weighted by Gasteiger charge is 2.43. The largest absolute Gasteiger partial charge is 0.330 e. The number of nitrogens with two attached hydrogens (primary N) is 1. The van der Waals surface area contributed by atoms with Gasteiger partial charge in [-0.05, 0) is 61.4 Å². The van der Waals surface area contributed by atoms with Crippen LogP contribution in [0, 0.1) is 6.92 Å². The quantitative estimate of drug-likeness (QED) is 0.881. The van der Waals surface area contributed by atoms with Gasteiger partial charge >= 0.3 is 0 Å². The van der Waals surface area contributed by atoms with Gasteiger partial charge in [0.15, 0.2) is 0 Å². The van der Waals surface area contributed by atoms with Gasteiger partial charge in [-0.15, -0.1) is 0 Å². The van der Waals surface area contributed by atoms with Gasteiger partial charge in [0.05, 0.1) is 0 Å². The van der Waals surface area contributed by atoms with Crippen LogP contribution in [0.4, 0.5) is 0 Å². The van der Waals surface area contributed by atoms with Crippen molar-refractivity contribution >= 4 is 15.9 Å². The second-order valence-corrected chi connectivity index (χ2v) is 5.25. The summed E-state index contributed by atoms with van der Waals surface area (Å²) >= 11 is 3.55. The number of halogens is 1. The van der Waals surface area contributed by atoms with E-state index in [2.05, 4.69) is 41.1 Å². The van der Waals surface area contributed by atoms with Crippen molar-refractivity contribution in [2.24, 2.45) is 5.73 Å². The molecule has 1 aromatic rings. The molecule has 0 radical (unpaired) electrons. The van der Waals surface area contributed by atoms with Crippen molar-refractivity contribution in [1.29, 1.82) is 0 Å². The molecule has 14 heavy (non-hydrogen) atoms. The maximum atomic E-state index is 5.66. The zero-order valence-electron chi connectivity index (χ0n) is 8.52. The van der Waals surface area contributed by atoms with Crippen LogP contribution in [0.5, 0.6) is 0 Å². The number of hydrogen-bond donors (Lipinski definition) is 1. The molecule has 1 aliphatic rings. The standard InChI is InChI=1S/C12H16BrN/c1-9-6-10(8-11(13)7-9)12(2-3-12)4-5-14/h6-8H,2-5,14H2,1H3. The second-order valence-electron chi connectivity index (χ2n) is 4.34. The smallest absolute Gasteiger partial charge is 0.0180 e. The molecule has 0 unspecified atom stereocenters. The van der Waals surface area contributed by atoms with Crippen molar-refractivity contribution in [3.05, 3.63) is 33.8 Å². The van der Waals surface area contributed by atoms with Gasteiger partial charge in [0.25, 0.3) is 0 Å². The summed E-state index contributed by atoms with van der Waals surface area (Å²) in [5.41, 5.74) is 8.87. The molecular weight excluding hydrogens is 238 g/mol. The Morgan fingerprint density at radius 2 is 2.07 bits per heavy atom. The Bertz CT molecular complexity index is 322. The Morgan fingerprint density at radius 3 is 2.57 bits per heavy atom. The molecule has 1 aliphatic carbocycles. The van der Waals surface area contributed by atoms with Gasteiger partial charge < -0.3 is 5.73 Å². The van der Waals surface area contributed by atoms with Crippen LogP contribution in [0.2, 0.25) is 0 Å². The van der Waals surface area contributed by atoms with Gasteiger partial charge in [-0.1, -0.05) is 22.0 Å². The van der Waals surface area contributed by atoms with Crippen LogP contribution in [0.3, 0.4) is 0 Å². The van der Waals surface area contributed by atoms with Crippen molar-refractivity contribution in [2.75, 3.05) is 6.54 Å². The molecule has 1 nitrogen and oxygen atoms in total. The number of rotatable bonds is 3. The highest BCUT2D eigenvalue weighted by atomic mass is 79.9. The fraction of sp³-hybridized carbons (Fsp3) is 0.500. The fourth-order valence-electron chi connectivity index (χ4n) is 2.15. The third kappa shape index (κ3) is 1.86. The lowest BCUT2D eigenvalue weighted by atomic mass is 9.91. The van der Waals surface area contributed by atoms with Gasteiger partial charge in [-0.3, -0.25) is 0 Å². The Balaban J connectivity index is 2.32. The van der Waals surface area contributed by atoms with E-state index in [1.165, 1.54) is 28.4 Å². The minimum Gasteiger partial charge on any atom is -0.330 e. The van der Waals surface area contributed by atoms with Crippen LogP contribution >= 0.6 is 15.9 Å². The molecule has 2 heteroatoms. The average Bonchev–Trinajstić information content (AvgIpc) is 2.84. The Kier molecular flexibility index (Phi) is 2.67. The molecule has 1 saturated carbocycles. The summed E-state index contributed by atoms with van der Waals surface area (Å²) in [5.74, 6) is 0. The third-order valence-electron chi connectivity index (χ3n) is 3.13. The van der Waals surface area contributed by atoms with E-state index in [-0.39, 0.29) is 0 Å². The molecule has 0 bridgehead atoms. The first-order valence-electron chi connectivity index (χ1n) is 5.14. The maximum Gasteiger partial charge on any atom is 0.0180 e. The van der Waals surface area contributed by atoms with E-state index in [9.17, 15) is 0 Å². The van der Waals surface area contributed by atoms with Crippen molar-refractivity contribution in [2.45, 2.75) is 31.6 Å². The molecule has 0 heterocycles. The van der Waals surface area contributed by atoms with Crippen molar-refractivity contribution < 1.29 is 0 Å². The predicted molar refractivity (Wildman–Crippen MR) is 63.5 cm³/mol. The van der Waals surface area contributed by atoms with Gasteiger partial charge in [-0.25, -0.2) is 0 Å². The number of aryl methyl sites for hydroxylation is 1. The molecule has 0 atom stereocenters. The van der Waals surface area contributed by atoms with Crippen molar-refractivity contribution in [3.63, 3.8) is 0 Å². The van der Waals surface area contributed by atoms with E-state index >= 15 is 0 Å². The van der Waals surface area contributed by atoms with E-state index < -0.39 is 0 Å². The summed E-state index contributed by atoms with van der Waals surface area (Å²) in [6.07, 6.45) is 3.74. The van der Waals surface area contributed by atoms with Crippen LogP contribution < -0.4 is 5.73 Å². The monoisotopic (exact) mass is 253 g/mol. The van der Waals surface area contributed by atoms with Gasteiger partial charge in [-0.2, -0.15) is 0 Å². The van der Waals surface area contributed by atoms with Gasteiger partial charge in [0.1, 0.15) is 0 Å². The summed E-state index contributed by atoms with van der Waals surface area (Å²) in [6, 6.07) is 6.70. The minimum atomic E-state index is 0.420. The average molecular weight is 254 g/mol. The van der Waals surface area contributed by atoms with Crippen molar-refractivity contribution in [3.8, 4) is 0 Å². The van der Waals surface area contributed by atoms with Gasteiger partial charge in [0.2, 0.25) is 0 Å². The Labute approximate surface area is 93.8 Å². The molecule has 1 fully saturated rings. The summed E-state index contributed by atoms with van der Waals surface area (Å²) in [4.78, 5) is 0. The van der Waals surface area contributed by atoms with E-state index in [0.717, 1.165) is 13.0 Å².